The lowest BCUT2D eigenvalue weighted by molar-refractivity contribution is -0.128. The fourth-order valence-electron chi connectivity index (χ4n) is 2.19. The van der Waals surface area contributed by atoms with Gasteiger partial charge in [-0.05, 0) is 31.0 Å². The molecule has 2 atom stereocenters. The van der Waals surface area contributed by atoms with Crippen molar-refractivity contribution in [3.63, 3.8) is 0 Å². The molecule has 2 aromatic carbocycles. The van der Waals surface area contributed by atoms with Crippen LogP contribution in [0.4, 0.5) is 8.78 Å². The number of nitrogens with one attached hydrogen (secondary N) is 1. The third-order valence-corrected chi connectivity index (χ3v) is 3.46. The lowest BCUT2D eigenvalue weighted by atomic mass is 10.1. The first kappa shape index (κ1) is 17.9. The molecule has 0 saturated heterocycles. The highest BCUT2D eigenvalue weighted by molar-refractivity contribution is 5.81. The molecular weight excluding hydrogens is 316 g/mol. The Morgan fingerprint density at radius 1 is 1.17 bits per heavy atom. The van der Waals surface area contributed by atoms with E-state index in [0.29, 0.717) is 6.42 Å². The maximum atomic E-state index is 13.1. The zero-order chi connectivity index (χ0) is 17.5. The molecule has 128 valence electrons. The van der Waals surface area contributed by atoms with Crippen molar-refractivity contribution >= 4 is 5.91 Å². The number of hydrogen-bond acceptors (Lipinski definition) is 3. The van der Waals surface area contributed by atoms with Crippen LogP contribution in [0.2, 0.25) is 0 Å². The summed E-state index contributed by atoms with van der Waals surface area (Å²) in [4.78, 5) is 12.1. The van der Waals surface area contributed by atoms with Crippen LogP contribution < -0.4 is 10.1 Å². The number of aliphatic hydroxyl groups is 1. The van der Waals surface area contributed by atoms with E-state index in [4.69, 9.17) is 4.74 Å². The molecule has 2 aromatic rings. The van der Waals surface area contributed by atoms with Crippen LogP contribution in [-0.4, -0.2) is 29.8 Å². The molecule has 0 fully saturated rings. The van der Waals surface area contributed by atoms with Gasteiger partial charge in [-0.15, -0.1) is 0 Å². The summed E-state index contributed by atoms with van der Waals surface area (Å²) in [5.41, 5.74) is 0.978. The standard InChI is InChI=1S/C18H19F2NO3/c1-12(24-15-7-8-16(19)17(20)10-15)18(23)21-14(11-22)9-13-5-3-2-4-6-13/h2-8,10,12,14,22H,9,11H2,1H3,(H,21,23). The van der Waals surface area contributed by atoms with Gasteiger partial charge in [-0.2, -0.15) is 0 Å². The lowest BCUT2D eigenvalue weighted by Gasteiger charge is -2.20. The Balaban J connectivity index is 1.92. The van der Waals surface area contributed by atoms with E-state index >= 15 is 0 Å². The molecule has 0 radical (unpaired) electrons. The van der Waals surface area contributed by atoms with Gasteiger partial charge in [0.1, 0.15) is 5.75 Å². The number of rotatable bonds is 7. The number of carbonyl (C=O) groups excluding carboxylic acids is 1. The van der Waals surface area contributed by atoms with Crippen molar-refractivity contribution in [1.82, 2.24) is 5.32 Å². The van der Waals surface area contributed by atoms with Crippen LogP contribution in [-0.2, 0) is 11.2 Å². The SMILES string of the molecule is CC(Oc1ccc(F)c(F)c1)C(=O)NC(CO)Cc1ccccc1. The zero-order valence-corrected chi connectivity index (χ0v) is 13.2. The molecule has 0 saturated carbocycles. The number of hydrogen-bond donors (Lipinski definition) is 2. The second-order valence-corrected chi connectivity index (χ2v) is 5.41. The molecule has 0 aliphatic rings. The minimum Gasteiger partial charge on any atom is -0.481 e. The second-order valence-electron chi connectivity index (χ2n) is 5.41. The molecule has 2 N–H and O–H groups in total. The summed E-state index contributed by atoms with van der Waals surface area (Å²) in [6.07, 6.45) is -0.444. The summed E-state index contributed by atoms with van der Waals surface area (Å²) < 4.78 is 31.3. The van der Waals surface area contributed by atoms with E-state index in [-0.39, 0.29) is 12.4 Å². The highest BCUT2D eigenvalue weighted by Crippen LogP contribution is 2.17. The molecule has 4 nitrogen and oxygen atoms in total. The number of benzene rings is 2. The normalized spacial score (nSPS) is 13.2. The van der Waals surface area contributed by atoms with Crippen molar-refractivity contribution in [2.24, 2.45) is 0 Å². The van der Waals surface area contributed by atoms with Gasteiger partial charge < -0.3 is 15.2 Å². The van der Waals surface area contributed by atoms with Crippen LogP contribution in [0.15, 0.2) is 48.5 Å². The van der Waals surface area contributed by atoms with Crippen molar-refractivity contribution in [3.05, 3.63) is 65.7 Å². The maximum absolute atomic E-state index is 13.1. The van der Waals surface area contributed by atoms with Gasteiger partial charge >= 0.3 is 0 Å². The summed E-state index contributed by atoms with van der Waals surface area (Å²) >= 11 is 0. The lowest BCUT2D eigenvalue weighted by Crippen LogP contribution is -2.45. The van der Waals surface area contributed by atoms with Crippen LogP contribution in [0.1, 0.15) is 12.5 Å². The Bertz CT molecular complexity index is 679. The molecule has 0 spiro atoms. The van der Waals surface area contributed by atoms with Crippen LogP contribution in [0, 0.1) is 11.6 Å². The Labute approximate surface area is 139 Å². The van der Waals surface area contributed by atoms with E-state index in [0.717, 1.165) is 17.7 Å². The summed E-state index contributed by atoms with van der Waals surface area (Å²) in [6.45, 7) is 1.27. The average molecular weight is 335 g/mol. The monoisotopic (exact) mass is 335 g/mol. The number of carbonyl (C=O) groups is 1. The third-order valence-electron chi connectivity index (χ3n) is 3.46. The van der Waals surface area contributed by atoms with Crippen molar-refractivity contribution in [3.8, 4) is 5.75 Å². The predicted octanol–water partition coefficient (Wildman–Crippen LogP) is 2.45. The first-order chi connectivity index (χ1) is 11.5. The number of halogens is 2. The second kappa shape index (κ2) is 8.40. The molecule has 24 heavy (non-hydrogen) atoms. The summed E-state index contributed by atoms with van der Waals surface area (Å²) in [5, 5.41) is 12.1. The van der Waals surface area contributed by atoms with Crippen LogP contribution >= 0.6 is 0 Å². The molecule has 0 aromatic heterocycles. The van der Waals surface area contributed by atoms with Crippen molar-refractivity contribution in [1.29, 1.82) is 0 Å². The topological polar surface area (TPSA) is 58.6 Å². The smallest absolute Gasteiger partial charge is 0.261 e. The fraction of sp³-hybridized carbons (Fsp3) is 0.278. The molecule has 0 heterocycles. The first-order valence-corrected chi connectivity index (χ1v) is 7.56. The van der Waals surface area contributed by atoms with E-state index in [1.807, 2.05) is 30.3 Å². The fourth-order valence-corrected chi connectivity index (χ4v) is 2.19. The summed E-state index contributed by atoms with van der Waals surface area (Å²) in [6, 6.07) is 12.0. The van der Waals surface area contributed by atoms with Gasteiger partial charge in [0.2, 0.25) is 0 Å². The molecule has 1 amide bonds. The minimum absolute atomic E-state index is 0.0557. The minimum atomic E-state index is -1.04. The number of aliphatic hydroxyl groups excluding tert-OH is 1. The molecule has 2 unspecified atom stereocenters. The number of ether oxygens (including phenoxy) is 1. The van der Waals surface area contributed by atoms with E-state index < -0.39 is 29.7 Å². The Morgan fingerprint density at radius 3 is 2.50 bits per heavy atom. The Morgan fingerprint density at radius 2 is 1.88 bits per heavy atom. The molecule has 0 aliphatic carbocycles. The van der Waals surface area contributed by atoms with Crippen LogP contribution in [0.5, 0.6) is 5.75 Å². The number of amides is 1. The Hall–Kier alpha value is -2.47. The van der Waals surface area contributed by atoms with Gasteiger partial charge in [-0.1, -0.05) is 30.3 Å². The molecule has 6 heteroatoms. The summed E-state index contributed by atoms with van der Waals surface area (Å²) in [5.74, 6) is -2.42. The average Bonchev–Trinajstić information content (AvgIpc) is 2.58. The van der Waals surface area contributed by atoms with Gasteiger partial charge in [-0.3, -0.25) is 4.79 Å². The molecule has 2 rings (SSSR count). The largest absolute Gasteiger partial charge is 0.481 e. The van der Waals surface area contributed by atoms with Crippen molar-refractivity contribution in [2.45, 2.75) is 25.5 Å². The highest BCUT2D eigenvalue weighted by atomic mass is 19.2. The van der Waals surface area contributed by atoms with Crippen molar-refractivity contribution in [2.75, 3.05) is 6.61 Å². The Kier molecular flexibility index (Phi) is 6.26. The van der Waals surface area contributed by atoms with Gasteiger partial charge in [0.05, 0.1) is 12.6 Å². The van der Waals surface area contributed by atoms with Gasteiger partial charge in [0.15, 0.2) is 17.7 Å². The first-order valence-electron chi connectivity index (χ1n) is 7.56. The van der Waals surface area contributed by atoms with Crippen LogP contribution in [0.25, 0.3) is 0 Å². The van der Waals surface area contributed by atoms with E-state index in [1.54, 1.807) is 0 Å². The van der Waals surface area contributed by atoms with E-state index in [2.05, 4.69) is 5.32 Å². The highest BCUT2D eigenvalue weighted by Gasteiger charge is 2.19. The zero-order valence-electron chi connectivity index (χ0n) is 13.2. The molecule has 0 bridgehead atoms. The molecule has 0 aliphatic heterocycles. The third kappa shape index (κ3) is 5.03. The maximum Gasteiger partial charge on any atom is 0.261 e. The predicted molar refractivity (Wildman–Crippen MR) is 85.6 cm³/mol. The van der Waals surface area contributed by atoms with E-state index in [9.17, 15) is 18.7 Å². The van der Waals surface area contributed by atoms with Gasteiger partial charge in [0.25, 0.3) is 5.91 Å². The molecular formula is C18H19F2NO3. The van der Waals surface area contributed by atoms with Gasteiger partial charge in [0, 0.05) is 6.07 Å². The quantitative estimate of drug-likeness (QED) is 0.817. The van der Waals surface area contributed by atoms with E-state index in [1.165, 1.54) is 13.0 Å². The van der Waals surface area contributed by atoms with Crippen LogP contribution in [0.3, 0.4) is 0 Å². The summed E-state index contributed by atoms with van der Waals surface area (Å²) in [7, 11) is 0. The van der Waals surface area contributed by atoms with Gasteiger partial charge in [-0.25, -0.2) is 8.78 Å². The van der Waals surface area contributed by atoms with Crippen molar-refractivity contribution < 1.29 is 23.4 Å².